The first-order chi connectivity index (χ1) is 10.8. The largest absolute Gasteiger partial charge is 0.573 e. The van der Waals surface area contributed by atoms with E-state index in [1.165, 1.54) is 37.4 Å². The lowest BCUT2D eigenvalue weighted by molar-refractivity contribution is -0.274. The Balaban J connectivity index is 1.97. The highest BCUT2D eigenvalue weighted by Gasteiger charge is 2.31. The molecule has 0 saturated carbocycles. The molecule has 2 rings (SSSR count). The normalized spacial score (nSPS) is 16.7. The molecule has 0 aromatic heterocycles. The lowest BCUT2D eigenvalue weighted by Crippen LogP contribution is -2.32. The fourth-order valence-corrected chi connectivity index (χ4v) is 2.61. The number of hydrogen-bond donors (Lipinski definition) is 0. The third kappa shape index (κ3) is 5.13. The summed E-state index contributed by atoms with van der Waals surface area (Å²) in [5, 5.41) is 0.264. The van der Waals surface area contributed by atoms with Gasteiger partial charge in [0.05, 0.1) is 10.7 Å². The van der Waals surface area contributed by atoms with Crippen molar-refractivity contribution in [3.63, 3.8) is 0 Å². The average molecular weight is 351 g/mol. The summed E-state index contributed by atoms with van der Waals surface area (Å²) >= 11 is 5.96. The van der Waals surface area contributed by atoms with Gasteiger partial charge in [0.2, 0.25) is 0 Å². The second kappa shape index (κ2) is 7.21. The van der Waals surface area contributed by atoms with Gasteiger partial charge in [-0.25, -0.2) is 4.39 Å². The maximum atomic E-state index is 13.7. The van der Waals surface area contributed by atoms with Crippen LogP contribution in [0.15, 0.2) is 40.0 Å². The van der Waals surface area contributed by atoms with Crippen molar-refractivity contribution in [2.24, 2.45) is 4.99 Å². The molecular formula is C15H15ClF4N2O. The van der Waals surface area contributed by atoms with E-state index in [1.807, 2.05) is 0 Å². The molecule has 1 aliphatic rings. The summed E-state index contributed by atoms with van der Waals surface area (Å²) < 4.78 is 53.7. The topological polar surface area (TPSA) is 24.8 Å². The molecule has 23 heavy (non-hydrogen) atoms. The number of hydrogen-bond acceptors (Lipinski definition) is 3. The molecule has 126 valence electrons. The van der Waals surface area contributed by atoms with E-state index >= 15 is 0 Å². The van der Waals surface area contributed by atoms with Gasteiger partial charge in [-0.15, -0.1) is 13.2 Å². The van der Waals surface area contributed by atoms with E-state index in [0.717, 1.165) is 5.56 Å². The summed E-state index contributed by atoms with van der Waals surface area (Å²) in [5.41, 5.74) is 1.18. The van der Waals surface area contributed by atoms with Crippen molar-refractivity contribution in [1.82, 2.24) is 4.90 Å². The minimum Gasteiger partial charge on any atom is -0.406 e. The van der Waals surface area contributed by atoms with Crippen molar-refractivity contribution in [3.05, 3.63) is 40.6 Å². The van der Waals surface area contributed by atoms with Gasteiger partial charge in [-0.05, 0) is 31.0 Å². The molecule has 1 aromatic rings. The molecule has 0 amide bonds. The number of halogens is 5. The molecule has 0 bridgehead atoms. The third-order valence-corrected chi connectivity index (χ3v) is 3.54. The average Bonchev–Trinajstić information content (AvgIpc) is 2.44. The number of nitrogens with zero attached hydrogens (tertiary/aromatic N) is 2. The van der Waals surface area contributed by atoms with Crippen LogP contribution in [-0.4, -0.2) is 36.9 Å². The summed E-state index contributed by atoms with van der Waals surface area (Å²) in [7, 11) is 0. The van der Waals surface area contributed by atoms with Crippen LogP contribution >= 0.6 is 11.6 Å². The van der Waals surface area contributed by atoms with Crippen LogP contribution < -0.4 is 4.74 Å². The van der Waals surface area contributed by atoms with Gasteiger partial charge in [0, 0.05) is 12.8 Å². The van der Waals surface area contributed by atoms with E-state index in [0.29, 0.717) is 25.3 Å². The third-order valence-electron chi connectivity index (χ3n) is 3.25. The molecular weight excluding hydrogens is 336 g/mol. The summed E-state index contributed by atoms with van der Waals surface area (Å²) in [5.74, 6) is -0.273. The summed E-state index contributed by atoms with van der Waals surface area (Å²) in [4.78, 5) is 5.75. The monoisotopic (exact) mass is 350 g/mol. The molecule has 1 atom stereocenters. The van der Waals surface area contributed by atoms with Gasteiger partial charge in [-0.2, -0.15) is 0 Å². The van der Waals surface area contributed by atoms with Crippen molar-refractivity contribution in [3.8, 4) is 5.75 Å². The van der Waals surface area contributed by atoms with E-state index in [9.17, 15) is 17.6 Å². The predicted molar refractivity (Wildman–Crippen MR) is 80.3 cm³/mol. The fourth-order valence-electron chi connectivity index (χ4n) is 2.27. The standard InChI is InChI=1S/C15H15ClF4N2O/c1-10(17)14-13(16)8-21-9-22(14)7-6-11-2-4-12(5-3-11)23-15(18,19)20/h2-5,8,10H,6-7,9H2,1H3. The Morgan fingerprint density at radius 1 is 1.30 bits per heavy atom. The lowest BCUT2D eigenvalue weighted by atomic mass is 10.1. The van der Waals surface area contributed by atoms with Crippen LogP contribution in [0.3, 0.4) is 0 Å². The SMILES string of the molecule is CC(F)C1=C(Cl)C=NCN1CCc1ccc(OC(F)(F)F)cc1. The number of alkyl halides is 4. The van der Waals surface area contributed by atoms with Gasteiger partial charge < -0.3 is 9.64 Å². The Labute approximate surface area is 136 Å². The first-order valence-corrected chi connectivity index (χ1v) is 7.27. The van der Waals surface area contributed by atoms with Gasteiger partial charge in [-0.3, -0.25) is 4.99 Å². The van der Waals surface area contributed by atoms with Gasteiger partial charge in [-0.1, -0.05) is 23.7 Å². The van der Waals surface area contributed by atoms with Gasteiger partial charge in [0.1, 0.15) is 18.6 Å². The summed E-state index contributed by atoms with van der Waals surface area (Å²) in [6.45, 7) is 2.15. The maximum Gasteiger partial charge on any atom is 0.573 e. The van der Waals surface area contributed by atoms with Crippen molar-refractivity contribution in [2.45, 2.75) is 25.9 Å². The van der Waals surface area contributed by atoms with Gasteiger partial charge in [0.25, 0.3) is 0 Å². The number of benzene rings is 1. The maximum absolute atomic E-state index is 13.7. The Hall–Kier alpha value is -1.76. The number of aliphatic imine (C=N–C) groups is 1. The number of rotatable bonds is 5. The molecule has 0 radical (unpaired) electrons. The highest BCUT2D eigenvalue weighted by Crippen LogP contribution is 2.24. The second-order valence-corrected chi connectivity index (χ2v) is 5.41. The van der Waals surface area contributed by atoms with Crippen molar-refractivity contribution >= 4 is 17.8 Å². The van der Waals surface area contributed by atoms with Crippen LogP contribution in [0.5, 0.6) is 5.75 Å². The Bertz CT molecular complexity index is 596. The molecule has 0 saturated heterocycles. The summed E-state index contributed by atoms with van der Waals surface area (Å²) in [6, 6.07) is 5.58. The zero-order valence-corrected chi connectivity index (χ0v) is 13.0. The Morgan fingerprint density at radius 2 is 1.96 bits per heavy atom. The van der Waals surface area contributed by atoms with Crippen LogP contribution in [0.4, 0.5) is 17.6 Å². The van der Waals surface area contributed by atoms with Crippen molar-refractivity contribution < 1.29 is 22.3 Å². The van der Waals surface area contributed by atoms with E-state index in [1.54, 1.807) is 4.90 Å². The summed E-state index contributed by atoms with van der Waals surface area (Å²) in [6.07, 6.45) is -3.99. The molecule has 1 unspecified atom stereocenters. The minimum atomic E-state index is -4.71. The zero-order valence-electron chi connectivity index (χ0n) is 12.3. The van der Waals surface area contributed by atoms with Crippen LogP contribution in [0.1, 0.15) is 12.5 Å². The molecule has 3 nitrogen and oxygen atoms in total. The zero-order chi connectivity index (χ0) is 17.0. The van der Waals surface area contributed by atoms with Gasteiger partial charge in [0.15, 0.2) is 0 Å². The van der Waals surface area contributed by atoms with Gasteiger partial charge >= 0.3 is 6.36 Å². The van der Waals surface area contributed by atoms with E-state index in [-0.39, 0.29) is 10.8 Å². The van der Waals surface area contributed by atoms with E-state index in [2.05, 4.69) is 9.73 Å². The van der Waals surface area contributed by atoms with E-state index in [4.69, 9.17) is 11.6 Å². The second-order valence-electron chi connectivity index (χ2n) is 5.01. The molecule has 0 aliphatic carbocycles. The predicted octanol–water partition coefficient (Wildman–Crippen LogP) is 4.28. The van der Waals surface area contributed by atoms with Crippen LogP contribution in [0, 0.1) is 0 Å². The molecule has 8 heteroatoms. The lowest BCUT2D eigenvalue weighted by Gasteiger charge is -2.29. The first kappa shape index (κ1) is 17.6. The number of ether oxygens (including phenoxy) is 1. The smallest absolute Gasteiger partial charge is 0.406 e. The Kier molecular flexibility index (Phi) is 5.51. The van der Waals surface area contributed by atoms with Crippen LogP contribution in [0.25, 0.3) is 0 Å². The first-order valence-electron chi connectivity index (χ1n) is 6.89. The highest BCUT2D eigenvalue weighted by molar-refractivity contribution is 6.39. The van der Waals surface area contributed by atoms with E-state index < -0.39 is 12.5 Å². The van der Waals surface area contributed by atoms with Crippen LogP contribution in [-0.2, 0) is 6.42 Å². The molecule has 0 fully saturated rings. The molecule has 1 aliphatic heterocycles. The minimum absolute atomic E-state index is 0.264. The van der Waals surface area contributed by atoms with Crippen molar-refractivity contribution in [2.75, 3.05) is 13.2 Å². The molecule has 1 heterocycles. The quantitative estimate of drug-likeness (QED) is 0.740. The van der Waals surface area contributed by atoms with Crippen LogP contribution in [0.2, 0.25) is 0 Å². The highest BCUT2D eigenvalue weighted by atomic mass is 35.5. The fraction of sp³-hybridized carbons (Fsp3) is 0.400. The molecule has 0 spiro atoms. The number of allylic oxidation sites excluding steroid dienone is 2. The molecule has 1 aromatic carbocycles. The molecule has 0 N–H and O–H groups in total. The van der Waals surface area contributed by atoms with Crippen molar-refractivity contribution in [1.29, 1.82) is 0 Å². The Morgan fingerprint density at radius 3 is 2.52 bits per heavy atom.